The normalized spacial score (nSPS) is 24.5. The van der Waals surface area contributed by atoms with E-state index in [1.807, 2.05) is 0 Å². The lowest BCUT2D eigenvalue weighted by molar-refractivity contribution is -0.0991. The number of ether oxygens (including phenoxy) is 1. The molecule has 2 heterocycles. The summed E-state index contributed by atoms with van der Waals surface area (Å²) in [5.74, 6) is 0. The Morgan fingerprint density at radius 3 is 2.82 bits per heavy atom. The molecule has 2 rings (SSSR count). The summed E-state index contributed by atoms with van der Waals surface area (Å²) < 4.78 is 5.76. The van der Waals surface area contributed by atoms with Crippen LogP contribution in [0.3, 0.4) is 0 Å². The lowest BCUT2D eigenvalue weighted by atomic mass is 10.0. The number of thiophene rings is 1. The van der Waals surface area contributed by atoms with Gasteiger partial charge in [0.1, 0.15) is 0 Å². The Morgan fingerprint density at radius 1 is 1.53 bits per heavy atom. The predicted octanol–water partition coefficient (Wildman–Crippen LogP) is 2.25. The molecule has 0 aromatic carbocycles. The molecule has 2 N–H and O–H groups in total. The Hall–Kier alpha value is -0.420. The topological polar surface area (TPSA) is 38.5 Å². The van der Waals surface area contributed by atoms with Crippen molar-refractivity contribution >= 4 is 11.3 Å². The van der Waals surface area contributed by atoms with E-state index in [0.717, 1.165) is 19.7 Å². The molecule has 0 aliphatic carbocycles. The molecule has 0 saturated carbocycles. The van der Waals surface area contributed by atoms with Gasteiger partial charge in [0.05, 0.1) is 18.2 Å². The third-order valence-corrected chi connectivity index (χ3v) is 4.12. The molecule has 96 valence electrons. The number of hydrogen-bond acceptors (Lipinski definition) is 4. The Labute approximate surface area is 108 Å². The van der Waals surface area contributed by atoms with E-state index in [1.165, 1.54) is 4.88 Å². The molecule has 17 heavy (non-hydrogen) atoms. The summed E-state index contributed by atoms with van der Waals surface area (Å²) in [6.07, 6.45) is 0. The van der Waals surface area contributed by atoms with E-state index in [2.05, 4.69) is 43.2 Å². The van der Waals surface area contributed by atoms with E-state index in [9.17, 15) is 0 Å². The van der Waals surface area contributed by atoms with Gasteiger partial charge in [0, 0.05) is 24.0 Å². The van der Waals surface area contributed by atoms with Crippen LogP contribution >= 0.6 is 11.3 Å². The first-order chi connectivity index (χ1) is 7.99. The van der Waals surface area contributed by atoms with Crippen LogP contribution in [0.15, 0.2) is 17.5 Å². The van der Waals surface area contributed by atoms with Crippen molar-refractivity contribution in [1.82, 2.24) is 4.90 Å². The van der Waals surface area contributed by atoms with Gasteiger partial charge < -0.3 is 10.5 Å². The molecule has 1 aromatic heterocycles. The molecule has 3 nitrogen and oxygen atoms in total. The average Bonchev–Trinajstić information content (AvgIpc) is 2.69. The van der Waals surface area contributed by atoms with Crippen LogP contribution in [0.25, 0.3) is 0 Å². The maximum Gasteiger partial charge on any atom is 0.0753 e. The highest BCUT2D eigenvalue weighted by atomic mass is 32.1. The van der Waals surface area contributed by atoms with Crippen LogP contribution in [-0.4, -0.2) is 36.2 Å². The maximum absolute atomic E-state index is 6.17. The molecule has 0 radical (unpaired) electrons. The molecule has 1 aliphatic heterocycles. The lowest BCUT2D eigenvalue weighted by Crippen LogP contribution is -2.52. The zero-order valence-electron chi connectivity index (χ0n) is 10.8. The molecule has 0 bridgehead atoms. The van der Waals surface area contributed by atoms with Gasteiger partial charge >= 0.3 is 0 Å². The number of hydrogen-bond donors (Lipinski definition) is 1. The van der Waals surface area contributed by atoms with Crippen molar-refractivity contribution in [1.29, 1.82) is 0 Å². The molecule has 1 aliphatic rings. The first kappa shape index (κ1) is 13.0. The Bertz CT molecular complexity index is 348. The van der Waals surface area contributed by atoms with E-state index < -0.39 is 0 Å². The van der Waals surface area contributed by atoms with Gasteiger partial charge in [0.15, 0.2) is 0 Å². The molecular weight excluding hydrogens is 232 g/mol. The minimum Gasteiger partial charge on any atom is -0.373 e. The van der Waals surface area contributed by atoms with Crippen molar-refractivity contribution in [3.63, 3.8) is 0 Å². The van der Waals surface area contributed by atoms with Crippen molar-refractivity contribution in [2.24, 2.45) is 5.73 Å². The van der Waals surface area contributed by atoms with E-state index >= 15 is 0 Å². The molecule has 0 amide bonds. The third-order valence-electron chi connectivity index (χ3n) is 3.18. The fourth-order valence-corrected chi connectivity index (χ4v) is 3.50. The van der Waals surface area contributed by atoms with Crippen molar-refractivity contribution in [3.05, 3.63) is 22.4 Å². The second kappa shape index (κ2) is 5.06. The average molecular weight is 254 g/mol. The standard InChI is InChI=1S/C13H22N2OS/c1-10(14)12(11-5-4-8-17-11)15-6-7-16-13(2,3)9-15/h4-5,8,10,12H,6-7,9,14H2,1-3H3. The predicted molar refractivity (Wildman–Crippen MR) is 72.3 cm³/mol. The number of rotatable bonds is 3. The van der Waals surface area contributed by atoms with E-state index in [-0.39, 0.29) is 11.6 Å². The molecule has 2 unspecified atom stereocenters. The summed E-state index contributed by atoms with van der Waals surface area (Å²) in [6, 6.07) is 4.74. The largest absolute Gasteiger partial charge is 0.373 e. The van der Waals surface area contributed by atoms with Crippen LogP contribution in [-0.2, 0) is 4.74 Å². The minimum atomic E-state index is -0.0668. The molecule has 0 spiro atoms. The van der Waals surface area contributed by atoms with Gasteiger partial charge in [-0.2, -0.15) is 0 Å². The quantitative estimate of drug-likeness (QED) is 0.899. The first-order valence-electron chi connectivity index (χ1n) is 6.16. The fourth-order valence-electron chi connectivity index (χ4n) is 2.52. The van der Waals surface area contributed by atoms with Crippen LogP contribution in [0.5, 0.6) is 0 Å². The van der Waals surface area contributed by atoms with Gasteiger partial charge in [-0.3, -0.25) is 4.90 Å². The second-order valence-corrected chi connectivity index (χ2v) is 6.38. The minimum absolute atomic E-state index is 0.0668. The van der Waals surface area contributed by atoms with E-state index in [0.29, 0.717) is 6.04 Å². The Balaban J connectivity index is 2.17. The maximum atomic E-state index is 6.17. The summed E-state index contributed by atoms with van der Waals surface area (Å²) >= 11 is 1.79. The van der Waals surface area contributed by atoms with Crippen molar-refractivity contribution < 1.29 is 4.74 Å². The smallest absolute Gasteiger partial charge is 0.0753 e. The number of nitrogens with two attached hydrogens (primary N) is 1. The van der Waals surface area contributed by atoms with Gasteiger partial charge in [-0.25, -0.2) is 0 Å². The van der Waals surface area contributed by atoms with Crippen molar-refractivity contribution in [2.75, 3.05) is 19.7 Å². The highest BCUT2D eigenvalue weighted by Gasteiger charge is 2.33. The molecule has 2 atom stereocenters. The highest BCUT2D eigenvalue weighted by molar-refractivity contribution is 7.10. The van der Waals surface area contributed by atoms with Gasteiger partial charge in [0.2, 0.25) is 0 Å². The molecule has 4 heteroatoms. The zero-order valence-corrected chi connectivity index (χ0v) is 11.7. The van der Waals surface area contributed by atoms with Gasteiger partial charge in [0.25, 0.3) is 0 Å². The first-order valence-corrected chi connectivity index (χ1v) is 7.04. The summed E-state index contributed by atoms with van der Waals surface area (Å²) in [4.78, 5) is 3.82. The summed E-state index contributed by atoms with van der Waals surface area (Å²) in [5.41, 5.74) is 6.10. The Morgan fingerprint density at radius 2 is 2.29 bits per heavy atom. The van der Waals surface area contributed by atoms with Crippen LogP contribution in [0.4, 0.5) is 0 Å². The van der Waals surface area contributed by atoms with Gasteiger partial charge in [-0.05, 0) is 32.2 Å². The summed E-state index contributed by atoms with van der Waals surface area (Å²) in [6.45, 7) is 9.08. The van der Waals surface area contributed by atoms with Crippen LogP contribution in [0, 0.1) is 0 Å². The van der Waals surface area contributed by atoms with Crippen LogP contribution in [0.1, 0.15) is 31.7 Å². The van der Waals surface area contributed by atoms with E-state index in [4.69, 9.17) is 10.5 Å². The summed E-state index contributed by atoms with van der Waals surface area (Å²) in [5, 5.41) is 2.12. The van der Waals surface area contributed by atoms with Gasteiger partial charge in [-0.1, -0.05) is 6.07 Å². The molecule has 1 fully saturated rings. The van der Waals surface area contributed by atoms with Crippen LogP contribution in [0.2, 0.25) is 0 Å². The fraction of sp³-hybridized carbons (Fsp3) is 0.692. The zero-order chi connectivity index (χ0) is 12.5. The third kappa shape index (κ3) is 3.07. The Kier molecular flexibility index (Phi) is 3.88. The van der Waals surface area contributed by atoms with Crippen LogP contribution < -0.4 is 5.73 Å². The highest BCUT2D eigenvalue weighted by Crippen LogP contribution is 2.31. The van der Waals surface area contributed by atoms with Gasteiger partial charge in [-0.15, -0.1) is 11.3 Å². The molecule has 1 aromatic rings. The molecule has 1 saturated heterocycles. The monoisotopic (exact) mass is 254 g/mol. The van der Waals surface area contributed by atoms with Crippen molar-refractivity contribution in [2.45, 2.75) is 38.5 Å². The summed E-state index contributed by atoms with van der Waals surface area (Å²) in [7, 11) is 0. The lowest BCUT2D eigenvalue weighted by Gasteiger charge is -2.43. The second-order valence-electron chi connectivity index (χ2n) is 5.40. The SMILES string of the molecule is CC(N)C(c1cccs1)N1CCOC(C)(C)C1. The molecular formula is C13H22N2OS. The number of nitrogens with zero attached hydrogens (tertiary/aromatic N) is 1. The number of morpholine rings is 1. The van der Waals surface area contributed by atoms with Crippen molar-refractivity contribution in [3.8, 4) is 0 Å². The van der Waals surface area contributed by atoms with E-state index in [1.54, 1.807) is 11.3 Å².